The van der Waals surface area contributed by atoms with Crippen molar-refractivity contribution in [2.24, 2.45) is 0 Å². The SMILES string of the molecule is CNC(C)Cc1noc(CCNc2cc(Cl)ccc2OC)n1. The van der Waals surface area contributed by atoms with Gasteiger partial charge in [0.2, 0.25) is 5.89 Å². The van der Waals surface area contributed by atoms with E-state index in [0.717, 1.165) is 23.7 Å². The third kappa shape index (κ3) is 4.61. The van der Waals surface area contributed by atoms with Crippen molar-refractivity contribution in [2.45, 2.75) is 25.8 Å². The smallest absolute Gasteiger partial charge is 0.228 e. The van der Waals surface area contributed by atoms with Crippen molar-refractivity contribution in [2.75, 3.05) is 26.0 Å². The first-order valence-electron chi connectivity index (χ1n) is 7.18. The minimum Gasteiger partial charge on any atom is -0.495 e. The van der Waals surface area contributed by atoms with Crippen LogP contribution in [0.1, 0.15) is 18.6 Å². The lowest BCUT2D eigenvalue weighted by Crippen LogP contribution is -2.24. The molecule has 0 saturated carbocycles. The summed E-state index contributed by atoms with van der Waals surface area (Å²) in [7, 11) is 3.54. The van der Waals surface area contributed by atoms with Gasteiger partial charge < -0.3 is 19.9 Å². The van der Waals surface area contributed by atoms with Crippen molar-refractivity contribution < 1.29 is 9.26 Å². The summed E-state index contributed by atoms with van der Waals surface area (Å²) in [6.07, 6.45) is 1.38. The molecule has 0 aliphatic rings. The van der Waals surface area contributed by atoms with E-state index in [1.807, 2.05) is 19.2 Å². The lowest BCUT2D eigenvalue weighted by atomic mass is 10.2. The molecule has 6 nitrogen and oxygen atoms in total. The van der Waals surface area contributed by atoms with Gasteiger partial charge in [0.25, 0.3) is 0 Å². The van der Waals surface area contributed by atoms with Crippen molar-refractivity contribution in [3.8, 4) is 5.75 Å². The number of nitrogens with one attached hydrogen (secondary N) is 2. The zero-order valence-corrected chi connectivity index (χ0v) is 13.8. The van der Waals surface area contributed by atoms with Crippen LogP contribution in [0, 0.1) is 0 Å². The van der Waals surface area contributed by atoms with E-state index in [1.54, 1.807) is 13.2 Å². The molecule has 1 unspecified atom stereocenters. The van der Waals surface area contributed by atoms with Crippen LogP contribution >= 0.6 is 11.6 Å². The highest BCUT2D eigenvalue weighted by atomic mass is 35.5. The van der Waals surface area contributed by atoms with Gasteiger partial charge in [-0.25, -0.2) is 0 Å². The largest absolute Gasteiger partial charge is 0.495 e. The Labute approximate surface area is 135 Å². The van der Waals surface area contributed by atoms with Gasteiger partial charge in [-0.3, -0.25) is 0 Å². The van der Waals surface area contributed by atoms with E-state index in [-0.39, 0.29) is 0 Å². The Bertz CT molecular complexity index is 603. The number of halogens is 1. The highest BCUT2D eigenvalue weighted by Crippen LogP contribution is 2.27. The molecule has 0 amide bonds. The standard InChI is InChI=1S/C15H21ClN4O2/c1-10(17-2)8-14-19-15(22-20-14)6-7-18-12-9-11(16)4-5-13(12)21-3/h4-5,9-10,17-18H,6-8H2,1-3H3. The van der Waals surface area contributed by atoms with E-state index >= 15 is 0 Å². The molecule has 1 atom stereocenters. The third-order valence-electron chi connectivity index (χ3n) is 3.31. The molecule has 0 aliphatic heterocycles. The molecular formula is C15H21ClN4O2. The Hall–Kier alpha value is -1.79. The van der Waals surface area contributed by atoms with Crippen LogP contribution in [0.25, 0.3) is 0 Å². The molecule has 1 aromatic carbocycles. The summed E-state index contributed by atoms with van der Waals surface area (Å²) in [6.45, 7) is 2.73. The Balaban J connectivity index is 1.87. The summed E-state index contributed by atoms with van der Waals surface area (Å²) >= 11 is 5.99. The second-order valence-corrected chi connectivity index (χ2v) is 5.46. The summed E-state index contributed by atoms with van der Waals surface area (Å²) in [6, 6.07) is 5.76. The van der Waals surface area contributed by atoms with E-state index in [0.29, 0.717) is 29.9 Å². The van der Waals surface area contributed by atoms with E-state index in [2.05, 4.69) is 27.7 Å². The van der Waals surface area contributed by atoms with Gasteiger partial charge in [0.15, 0.2) is 5.82 Å². The molecular weight excluding hydrogens is 304 g/mol. The van der Waals surface area contributed by atoms with Crippen molar-refractivity contribution in [3.63, 3.8) is 0 Å². The summed E-state index contributed by atoms with van der Waals surface area (Å²) in [5, 5.41) is 11.0. The number of benzene rings is 1. The topological polar surface area (TPSA) is 72.2 Å². The van der Waals surface area contributed by atoms with Gasteiger partial charge in [-0.05, 0) is 32.2 Å². The van der Waals surface area contributed by atoms with E-state index in [1.165, 1.54) is 0 Å². The lowest BCUT2D eigenvalue weighted by molar-refractivity contribution is 0.373. The quantitative estimate of drug-likeness (QED) is 0.777. The molecule has 120 valence electrons. The van der Waals surface area contributed by atoms with Gasteiger partial charge in [-0.15, -0.1) is 0 Å². The number of nitrogens with zero attached hydrogens (tertiary/aromatic N) is 2. The number of aromatic nitrogens is 2. The van der Waals surface area contributed by atoms with Crippen LogP contribution in [0.3, 0.4) is 0 Å². The molecule has 1 aromatic heterocycles. The molecule has 2 rings (SSSR count). The van der Waals surface area contributed by atoms with Crippen molar-refractivity contribution in [1.82, 2.24) is 15.5 Å². The maximum atomic E-state index is 5.99. The van der Waals surface area contributed by atoms with Crippen molar-refractivity contribution >= 4 is 17.3 Å². The number of rotatable bonds is 8. The zero-order chi connectivity index (χ0) is 15.9. The molecule has 2 aromatic rings. The van der Waals surface area contributed by atoms with Crippen LogP contribution in [0.5, 0.6) is 5.75 Å². The lowest BCUT2D eigenvalue weighted by Gasteiger charge is -2.10. The summed E-state index contributed by atoms with van der Waals surface area (Å²) in [5.74, 6) is 2.09. The van der Waals surface area contributed by atoms with Gasteiger partial charge in [-0.2, -0.15) is 4.98 Å². The van der Waals surface area contributed by atoms with Gasteiger partial charge in [0.05, 0.1) is 12.8 Å². The van der Waals surface area contributed by atoms with Gasteiger partial charge >= 0.3 is 0 Å². The summed E-state index contributed by atoms with van der Waals surface area (Å²) in [4.78, 5) is 4.37. The molecule has 1 heterocycles. The summed E-state index contributed by atoms with van der Waals surface area (Å²) < 4.78 is 10.5. The zero-order valence-electron chi connectivity index (χ0n) is 13.0. The number of hydrogen-bond acceptors (Lipinski definition) is 6. The fraction of sp³-hybridized carbons (Fsp3) is 0.467. The fourth-order valence-electron chi connectivity index (χ4n) is 1.97. The minimum atomic E-state index is 0.319. The second-order valence-electron chi connectivity index (χ2n) is 5.02. The highest BCUT2D eigenvalue weighted by Gasteiger charge is 2.10. The second kappa shape index (κ2) is 8.00. The van der Waals surface area contributed by atoms with Crippen molar-refractivity contribution in [1.29, 1.82) is 0 Å². The molecule has 2 N–H and O–H groups in total. The Morgan fingerprint density at radius 3 is 2.95 bits per heavy atom. The number of anilines is 1. The maximum absolute atomic E-state index is 5.99. The predicted octanol–water partition coefficient (Wildman–Crippen LogP) is 2.54. The van der Waals surface area contributed by atoms with Gasteiger partial charge in [0.1, 0.15) is 5.75 Å². The first-order valence-corrected chi connectivity index (χ1v) is 7.56. The maximum Gasteiger partial charge on any atom is 0.228 e. The first kappa shape index (κ1) is 16.6. The minimum absolute atomic E-state index is 0.319. The van der Waals surface area contributed by atoms with Crippen LogP contribution in [0.2, 0.25) is 5.02 Å². The van der Waals surface area contributed by atoms with Crippen molar-refractivity contribution in [3.05, 3.63) is 34.9 Å². The van der Waals surface area contributed by atoms with Crippen LogP contribution in [0.15, 0.2) is 22.7 Å². The predicted molar refractivity (Wildman–Crippen MR) is 86.7 cm³/mol. The Morgan fingerprint density at radius 2 is 2.23 bits per heavy atom. The van der Waals surface area contributed by atoms with E-state index < -0.39 is 0 Å². The van der Waals surface area contributed by atoms with Crippen LogP contribution in [-0.4, -0.2) is 36.9 Å². The monoisotopic (exact) mass is 324 g/mol. The number of hydrogen-bond donors (Lipinski definition) is 2. The molecule has 22 heavy (non-hydrogen) atoms. The van der Waals surface area contributed by atoms with E-state index in [4.69, 9.17) is 20.9 Å². The average molecular weight is 325 g/mol. The molecule has 0 saturated heterocycles. The Kier molecular flexibility index (Phi) is 6.03. The summed E-state index contributed by atoms with van der Waals surface area (Å²) in [5.41, 5.74) is 0.846. The third-order valence-corrected chi connectivity index (χ3v) is 3.54. The molecule has 0 aliphatic carbocycles. The number of likely N-dealkylation sites (N-methyl/N-ethyl adjacent to an activating group) is 1. The normalized spacial score (nSPS) is 12.2. The van der Waals surface area contributed by atoms with Crippen LogP contribution < -0.4 is 15.4 Å². The molecule has 0 spiro atoms. The average Bonchev–Trinajstić information content (AvgIpc) is 2.95. The van der Waals surface area contributed by atoms with E-state index in [9.17, 15) is 0 Å². The van der Waals surface area contributed by atoms with Gasteiger partial charge in [0, 0.05) is 30.5 Å². The van der Waals surface area contributed by atoms with Crippen LogP contribution in [0.4, 0.5) is 5.69 Å². The highest BCUT2D eigenvalue weighted by molar-refractivity contribution is 6.30. The molecule has 0 radical (unpaired) electrons. The Morgan fingerprint density at radius 1 is 1.41 bits per heavy atom. The molecule has 0 fully saturated rings. The van der Waals surface area contributed by atoms with Crippen LogP contribution in [-0.2, 0) is 12.8 Å². The number of methoxy groups -OCH3 is 1. The molecule has 7 heteroatoms. The molecule has 0 bridgehead atoms. The first-order chi connectivity index (χ1) is 10.6. The number of ether oxygens (including phenoxy) is 1. The van der Waals surface area contributed by atoms with Gasteiger partial charge in [-0.1, -0.05) is 16.8 Å². The fourth-order valence-corrected chi connectivity index (χ4v) is 2.15.